The summed E-state index contributed by atoms with van der Waals surface area (Å²) in [5.41, 5.74) is 1.99. The lowest BCUT2D eigenvalue weighted by atomic mass is 9.99. The minimum Gasteiger partial charge on any atom is -0.369 e. The SMILES string of the molecule is CC1CCCN(c2cc(CNC3CC3)ccc2F)C1. The smallest absolute Gasteiger partial charge is 0.146 e. The van der Waals surface area contributed by atoms with Crippen LogP contribution in [-0.2, 0) is 6.54 Å². The van der Waals surface area contributed by atoms with Crippen molar-refractivity contribution in [2.45, 2.75) is 45.2 Å². The van der Waals surface area contributed by atoms with Crippen molar-refractivity contribution in [3.05, 3.63) is 29.6 Å². The Kier molecular flexibility index (Phi) is 3.74. The van der Waals surface area contributed by atoms with Crippen molar-refractivity contribution in [2.75, 3.05) is 18.0 Å². The Balaban J connectivity index is 1.72. The van der Waals surface area contributed by atoms with Gasteiger partial charge in [-0.25, -0.2) is 4.39 Å². The van der Waals surface area contributed by atoms with Gasteiger partial charge in [-0.15, -0.1) is 0 Å². The van der Waals surface area contributed by atoms with Gasteiger partial charge in [-0.05, 0) is 49.3 Å². The average Bonchev–Trinajstić information content (AvgIpc) is 3.22. The molecule has 0 radical (unpaired) electrons. The lowest BCUT2D eigenvalue weighted by Crippen LogP contribution is -2.34. The topological polar surface area (TPSA) is 15.3 Å². The van der Waals surface area contributed by atoms with Crippen LogP contribution in [0.1, 0.15) is 38.2 Å². The monoisotopic (exact) mass is 262 g/mol. The number of rotatable bonds is 4. The average molecular weight is 262 g/mol. The van der Waals surface area contributed by atoms with E-state index in [-0.39, 0.29) is 5.82 Å². The highest BCUT2D eigenvalue weighted by molar-refractivity contribution is 5.50. The molecule has 1 atom stereocenters. The van der Waals surface area contributed by atoms with E-state index in [1.54, 1.807) is 6.07 Å². The van der Waals surface area contributed by atoms with Crippen LogP contribution in [-0.4, -0.2) is 19.1 Å². The van der Waals surface area contributed by atoms with Crippen molar-refractivity contribution < 1.29 is 4.39 Å². The van der Waals surface area contributed by atoms with Gasteiger partial charge < -0.3 is 10.2 Å². The molecule has 1 aliphatic carbocycles. The maximum atomic E-state index is 14.0. The van der Waals surface area contributed by atoms with E-state index in [9.17, 15) is 4.39 Å². The molecular weight excluding hydrogens is 239 g/mol. The van der Waals surface area contributed by atoms with Crippen LogP contribution in [0.15, 0.2) is 18.2 Å². The maximum Gasteiger partial charge on any atom is 0.146 e. The largest absolute Gasteiger partial charge is 0.369 e. The van der Waals surface area contributed by atoms with Crippen LogP contribution in [0.2, 0.25) is 0 Å². The molecule has 1 heterocycles. The first-order valence-corrected chi connectivity index (χ1v) is 7.49. The fourth-order valence-electron chi connectivity index (χ4n) is 2.87. The number of anilines is 1. The fourth-order valence-corrected chi connectivity index (χ4v) is 2.87. The molecule has 1 saturated heterocycles. The second kappa shape index (κ2) is 5.49. The van der Waals surface area contributed by atoms with Crippen LogP contribution in [0.25, 0.3) is 0 Å². The summed E-state index contributed by atoms with van der Waals surface area (Å²) >= 11 is 0. The Bertz CT molecular complexity index is 442. The molecule has 104 valence electrons. The van der Waals surface area contributed by atoms with Crippen LogP contribution < -0.4 is 10.2 Å². The lowest BCUT2D eigenvalue weighted by molar-refractivity contribution is 0.442. The Hall–Kier alpha value is -1.09. The normalized spacial score (nSPS) is 23.7. The molecule has 1 aliphatic heterocycles. The maximum absolute atomic E-state index is 14.0. The number of nitrogens with zero attached hydrogens (tertiary/aromatic N) is 1. The van der Waals surface area contributed by atoms with Crippen molar-refractivity contribution >= 4 is 5.69 Å². The Labute approximate surface area is 115 Å². The minimum absolute atomic E-state index is 0.0794. The molecule has 3 rings (SSSR count). The molecule has 3 heteroatoms. The van der Waals surface area contributed by atoms with Crippen molar-refractivity contribution in [1.82, 2.24) is 5.32 Å². The van der Waals surface area contributed by atoms with E-state index < -0.39 is 0 Å². The Morgan fingerprint density at radius 1 is 1.32 bits per heavy atom. The molecule has 1 N–H and O–H groups in total. The molecule has 2 aliphatic rings. The number of hydrogen-bond acceptors (Lipinski definition) is 2. The standard InChI is InChI=1S/C16H23FN2/c1-12-3-2-8-19(11-12)16-9-13(4-7-15(16)17)10-18-14-5-6-14/h4,7,9,12,14,18H,2-3,5-6,8,10-11H2,1H3. The van der Waals surface area contributed by atoms with Crippen LogP contribution in [0, 0.1) is 11.7 Å². The van der Waals surface area contributed by atoms with E-state index >= 15 is 0 Å². The number of nitrogens with one attached hydrogen (secondary N) is 1. The molecule has 2 fully saturated rings. The first-order valence-electron chi connectivity index (χ1n) is 7.49. The van der Waals surface area contributed by atoms with Gasteiger partial charge in [0, 0.05) is 25.7 Å². The predicted molar refractivity (Wildman–Crippen MR) is 76.9 cm³/mol. The second-order valence-electron chi connectivity index (χ2n) is 6.13. The highest BCUT2D eigenvalue weighted by atomic mass is 19.1. The third-order valence-electron chi connectivity index (χ3n) is 4.18. The summed E-state index contributed by atoms with van der Waals surface area (Å²) in [5.74, 6) is 0.589. The molecule has 0 amide bonds. The summed E-state index contributed by atoms with van der Waals surface area (Å²) in [6.07, 6.45) is 5.02. The van der Waals surface area contributed by atoms with Crippen LogP contribution in [0.4, 0.5) is 10.1 Å². The first kappa shape index (κ1) is 12.9. The Morgan fingerprint density at radius 2 is 2.16 bits per heavy atom. The molecule has 0 aromatic heterocycles. The quantitative estimate of drug-likeness (QED) is 0.895. The van der Waals surface area contributed by atoms with E-state index in [0.717, 1.165) is 25.3 Å². The molecule has 1 saturated carbocycles. The van der Waals surface area contributed by atoms with E-state index in [0.29, 0.717) is 12.0 Å². The van der Waals surface area contributed by atoms with Crippen LogP contribution in [0.3, 0.4) is 0 Å². The van der Waals surface area contributed by atoms with Gasteiger partial charge in [0.1, 0.15) is 5.82 Å². The van der Waals surface area contributed by atoms with Gasteiger partial charge in [0.2, 0.25) is 0 Å². The van der Waals surface area contributed by atoms with Gasteiger partial charge >= 0.3 is 0 Å². The highest BCUT2D eigenvalue weighted by Crippen LogP contribution is 2.27. The lowest BCUT2D eigenvalue weighted by Gasteiger charge is -2.33. The van der Waals surface area contributed by atoms with Crippen LogP contribution in [0.5, 0.6) is 0 Å². The fraction of sp³-hybridized carbons (Fsp3) is 0.625. The summed E-state index contributed by atoms with van der Waals surface area (Å²) in [6.45, 7) is 5.08. The predicted octanol–water partition coefficient (Wildman–Crippen LogP) is 3.31. The Morgan fingerprint density at radius 3 is 2.89 bits per heavy atom. The zero-order valence-corrected chi connectivity index (χ0v) is 11.7. The number of hydrogen-bond donors (Lipinski definition) is 1. The summed E-state index contributed by atoms with van der Waals surface area (Å²) < 4.78 is 14.0. The highest BCUT2D eigenvalue weighted by Gasteiger charge is 2.21. The number of halogens is 1. The summed E-state index contributed by atoms with van der Waals surface area (Å²) in [5, 5.41) is 3.49. The van der Waals surface area contributed by atoms with Gasteiger partial charge in [0.15, 0.2) is 0 Å². The summed E-state index contributed by atoms with van der Waals surface area (Å²) in [4.78, 5) is 2.21. The third kappa shape index (κ3) is 3.27. The van der Waals surface area contributed by atoms with Crippen molar-refractivity contribution in [3.8, 4) is 0 Å². The number of benzene rings is 1. The van der Waals surface area contributed by atoms with Gasteiger partial charge in [-0.1, -0.05) is 13.0 Å². The van der Waals surface area contributed by atoms with Crippen molar-refractivity contribution in [3.63, 3.8) is 0 Å². The van der Waals surface area contributed by atoms with E-state index in [1.807, 2.05) is 12.1 Å². The first-order chi connectivity index (χ1) is 9.22. The summed E-state index contributed by atoms with van der Waals surface area (Å²) in [6, 6.07) is 6.26. The third-order valence-corrected chi connectivity index (χ3v) is 4.18. The second-order valence-corrected chi connectivity index (χ2v) is 6.13. The van der Waals surface area contributed by atoms with Gasteiger partial charge in [-0.2, -0.15) is 0 Å². The van der Waals surface area contributed by atoms with E-state index in [1.165, 1.54) is 31.2 Å². The molecule has 19 heavy (non-hydrogen) atoms. The van der Waals surface area contributed by atoms with Gasteiger partial charge in [0.05, 0.1) is 5.69 Å². The van der Waals surface area contributed by atoms with E-state index in [2.05, 4.69) is 17.1 Å². The molecule has 1 aromatic rings. The minimum atomic E-state index is -0.0794. The zero-order valence-electron chi connectivity index (χ0n) is 11.7. The molecule has 0 spiro atoms. The van der Waals surface area contributed by atoms with Crippen molar-refractivity contribution in [1.29, 1.82) is 0 Å². The molecule has 1 unspecified atom stereocenters. The summed E-state index contributed by atoms with van der Waals surface area (Å²) in [7, 11) is 0. The number of piperidine rings is 1. The molecule has 1 aromatic carbocycles. The molecule has 0 bridgehead atoms. The van der Waals surface area contributed by atoms with Gasteiger partial charge in [-0.3, -0.25) is 0 Å². The molecular formula is C16H23FN2. The van der Waals surface area contributed by atoms with E-state index in [4.69, 9.17) is 0 Å². The van der Waals surface area contributed by atoms with Gasteiger partial charge in [0.25, 0.3) is 0 Å². The molecule has 2 nitrogen and oxygen atoms in total. The van der Waals surface area contributed by atoms with Crippen LogP contribution >= 0.6 is 0 Å². The van der Waals surface area contributed by atoms with Crippen molar-refractivity contribution in [2.24, 2.45) is 5.92 Å². The zero-order chi connectivity index (χ0) is 13.2.